The number of benzene rings is 2. The van der Waals surface area contributed by atoms with Crippen molar-refractivity contribution in [3.63, 3.8) is 0 Å². The van der Waals surface area contributed by atoms with E-state index < -0.39 is 0 Å². The Labute approximate surface area is 175 Å². The topological polar surface area (TPSA) is 94.1 Å². The minimum atomic E-state index is -0.366. The van der Waals surface area contributed by atoms with Crippen LogP contribution in [0.15, 0.2) is 87.2 Å². The molecule has 0 radical (unpaired) electrons. The maximum absolute atomic E-state index is 12.6. The highest BCUT2D eigenvalue weighted by atomic mass is 32.1. The fourth-order valence-electron chi connectivity index (χ4n) is 2.89. The third kappa shape index (κ3) is 3.63. The third-order valence-electron chi connectivity index (χ3n) is 4.33. The Balaban J connectivity index is 1.34. The molecule has 146 valence electrons. The first kappa shape index (κ1) is 18.0. The average Bonchev–Trinajstić information content (AvgIpc) is 3.56. The van der Waals surface area contributed by atoms with Crippen molar-refractivity contribution in [2.24, 2.45) is 0 Å². The maximum atomic E-state index is 12.6. The number of anilines is 1. The Hall–Kier alpha value is -4.04. The molecule has 5 rings (SSSR count). The van der Waals surface area contributed by atoms with Crippen LogP contribution in [-0.2, 0) is 0 Å². The lowest BCUT2D eigenvalue weighted by molar-refractivity contribution is 0.101. The van der Waals surface area contributed by atoms with Crippen LogP contribution in [0.25, 0.3) is 33.5 Å². The maximum Gasteiger partial charge on any atom is 0.277 e. The fraction of sp³-hybridized carbons (Fsp3) is 0. The van der Waals surface area contributed by atoms with E-state index in [1.807, 2.05) is 53.9 Å². The normalized spacial score (nSPS) is 10.8. The van der Waals surface area contributed by atoms with Gasteiger partial charge in [-0.2, -0.15) is 4.98 Å². The summed E-state index contributed by atoms with van der Waals surface area (Å²) in [6.07, 6.45) is 0. The molecule has 0 atom stereocenters. The van der Waals surface area contributed by atoms with Gasteiger partial charge in [0.25, 0.3) is 11.8 Å². The molecule has 0 aliphatic carbocycles. The number of carbonyl (C=O) groups excluding carboxylic acids is 1. The molecule has 0 saturated carbocycles. The number of carbonyl (C=O) groups is 1. The predicted molar refractivity (Wildman–Crippen MR) is 113 cm³/mol. The average molecular weight is 414 g/mol. The molecule has 0 saturated heterocycles. The van der Waals surface area contributed by atoms with E-state index in [1.165, 1.54) is 11.3 Å². The molecule has 0 unspecified atom stereocenters. The number of rotatable bonds is 5. The highest BCUT2D eigenvalue weighted by molar-refractivity contribution is 7.13. The Bertz CT molecular complexity index is 1290. The number of thiophene rings is 1. The molecule has 3 heterocycles. The highest BCUT2D eigenvalue weighted by Gasteiger charge is 2.16. The van der Waals surface area contributed by atoms with E-state index in [-0.39, 0.29) is 11.6 Å². The first-order valence-electron chi connectivity index (χ1n) is 9.08. The Morgan fingerprint density at radius 3 is 2.57 bits per heavy atom. The molecule has 5 aromatic rings. The second-order valence-electron chi connectivity index (χ2n) is 6.38. The van der Waals surface area contributed by atoms with Crippen LogP contribution < -0.4 is 5.32 Å². The summed E-state index contributed by atoms with van der Waals surface area (Å²) in [7, 11) is 0. The lowest BCUT2D eigenvalue weighted by Crippen LogP contribution is -2.12. The summed E-state index contributed by atoms with van der Waals surface area (Å²) in [6, 6.07) is 22.2. The first-order chi connectivity index (χ1) is 14.8. The van der Waals surface area contributed by atoms with Crippen molar-refractivity contribution in [2.75, 3.05) is 5.32 Å². The molecular weight excluding hydrogens is 400 g/mol. The minimum Gasteiger partial charge on any atom is -0.355 e. The van der Waals surface area contributed by atoms with Gasteiger partial charge >= 0.3 is 0 Å². The van der Waals surface area contributed by atoms with Crippen LogP contribution in [0.5, 0.6) is 0 Å². The van der Waals surface area contributed by atoms with E-state index >= 15 is 0 Å². The monoisotopic (exact) mass is 414 g/mol. The zero-order valence-corrected chi connectivity index (χ0v) is 16.3. The first-order valence-corrected chi connectivity index (χ1v) is 9.96. The van der Waals surface area contributed by atoms with Gasteiger partial charge in [0.2, 0.25) is 5.82 Å². The van der Waals surface area contributed by atoms with Gasteiger partial charge in [-0.25, -0.2) is 0 Å². The van der Waals surface area contributed by atoms with Gasteiger partial charge in [-0.05, 0) is 29.6 Å². The molecule has 7 nitrogen and oxygen atoms in total. The van der Waals surface area contributed by atoms with Gasteiger partial charge < -0.3 is 14.4 Å². The highest BCUT2D eigenvalue weighted by Crippen LogP contribution is 2.27. The van der Waals surface area contributed by atoms with Gasteiger partial charge in [-0.1, -0.05) is 52.8 Å². The molecule has 0 aliphatic heterocycles. The second kappa shape index (κ2) is 7.76. The summed E-state index contributed by atoms with van der Waals surface area (Å²) in [5.41, 5.74) is 2.34. The van der Waals surface area contributed by atoms with Crippen LogP contribution in [0.3, 0.4) is 0 Å². The van der Waals surface area contributed by atoms with Crippen LogP contribution in [0, 0.1) is 0 Å². The zero-order valence-electron chi connectivity index (χ0n) is 15.5. The van der Waals surface area contributed by atoms with Crippen molar-refractivity contribution in [3.05, 3.63) is 83.9 Å². The lowest BCUT2D eigenvalue weighted by atomic mass is 10.2. The van der Waals surface area contributed by atoms with Crippen LogP contribution in [0.4, 0.5) is 5.69 Å². The van der Waals surface area contributed by atoms with Gasteiger partial charge in [0.15, 0.2) is 11.5 Å². The van der Waals surface area contributed by atoms with E-state index in [1.54, 1.807) is 24.3 Å². The van der Waals surface area contributed by atoms with Crippen molar-refractivity contribution >= 4 is 22.9 Å². The molecule has 1 amide bonds. The van der Waals surface area contributed by atoms with E-state index in [0.29, 0.717) is 28.7 Å². The standard InChI is InChI=1S/C22H14N4O3S/c27-21(17-13-18(28-25-17)19-10-5-11-30-19)23-16-9-4-8-15(12-16)22-24-20(26-29-22)14-6-2-1-3-7-14/h1-13H,(H,23,27). The molecule has 0 aliphatic rings. The smallest absolute Gasteiger partial charge is 0.277 e. The quantitative estimate of drug-likeness (QED) is 0.415. The molecule has 0 bridgehead atoms. The SMILES string of the molecule is O=C(Nc1cccc(-c2nc(-c3ccccc3)no2)c1)c1cc(-c2cccs2)on1. The summed E-state index contributed by atoms with van der Waals surface area (Å²) in [5, 5.41) is 12.6. The van der Waals surface area contributed by atoms with Crippen molar-refractivity contribution in [1.29, 1.82) is 0 Å². The number of hydrogen-bond acceptors (Lipinski definition) is 7. The summed E-state index contributed by atoms with van der Waals surface area (Å²) >= 11 is 1.52. The zero-order chi connectivity index (χ0) is 20.3. The number of amides is 1. The largest absolute Gasteiger partial charge is 0.355 e. The summed E-state index contributed by atoms with van der Waals surface area (Å²) < 4.78 is 10.7. The molecule has 3 aromatic heterocycles. The van der Waals surface area contributed by atoms with Gasteiger partial charge in [-0.3, -0.25) is 4.79 Å². The lowest BCUT2D eigenvalue weighted by Gasteiger charge is -2.03. The van der Waals surface area contributed by atoms with Crippen LogP contribution in [0.1, 0.15) is 10.5 Å². The van der Waals surface area contributed by atoms with Gasteiger partial charge in [0.1, 0.15) is 0 Å². The summed E-state index contributed by atoms with van der Waals surface area (Å²) in [5.74, 6) is 1.06. The van der Waals surface area contributed by atoms with Crippen LogP contribution in [-0.4, -0.2) is 21.2 Å². The van der Waals surface area contributed by atoms with Gasteiger partial charge in [0.05, 0.1) is 4.88 Å². The Morgan fingerprint density at radius 1 is 0.867 bits per heavy atom. The van der Waals surface area contributed by atoms with E-state index in [2.05, 4.69) is 20.6 Å². The van der Waals surface area contributed by atoms with Crippen LogP contribution >= 0.6 is 11.3 Å². The van der Waals surface area contributed by atoms with Crippen molar-refractivity contribution in [1.82, 2.24) is 15.3 Å². The van der Waals surface area contributed by atoms with Crippen molar-refractivity contribution < 1.29 is 13.8 Å². The fourth-order valence-corrected chi connectivity index (χ4v) is 3.56. The number of nitrogens with zero attached hydrogens (tertiary/aromatic N) is 3. The minimum absolute atomic E-state index is 0.202. The molecule has 0 fully saturated rings. The Morgan fingerprint density at radius 2 is 1.73 bits per heavy atom. The van der Waals surface area contributed by atoms with Gasteiger partial charge in [0, 0.05) is 22.9 Å². The van der Waals surface area contributed by atoms with Crippen molar-refractivity contribution in [2.45, 2.75) is 0 Å². The van der Waals surface area contributed by atoms with Gasteiger partial charge in [-0.15, -0.1) is 11.3 Å². The van der Waals surface area contributed by atoms with Crippen molar-refractivity contribution in [3.8, 4) is 33.5 Å². The second-order valence-corrected chi connectivity index (χ2v) is 7.33. The van der Waals surface area contributed by atoms with Crippen LogP contribution in [0.2, 0.25) is 0 Å². The predicted octanol–water partition coefficient (Wildman–Crippen LogP) is 5.37. The third-order valence-corrected chi connectivity index (χ3v) is 5.22. The summed E-state index contributed by atoms with van der Waals surface area (Å²) in [6.45, 7) is 0. The molecule has 2 aromatic carbocycles. The summed E-state index contributed by atoms with van der Waals surface area (Å²) in [4.78, 5) is 17.9. The van der Waals surface area contributed by atoms with E-state index in [0.717, 1.165) is 10.4 Å². The molecular formula is C22H14N4O3S. The van der Waals surface area contributed by atoms with E-state index in [4.69, 9.17) is 9.05 Å². The van der Waals surface area contributed by atoms with E-state index in [9.17, 15) is 4.79 Å². The number of hydrogen-bond donors (Lipinski definition) is 1. The number of aromatic nitrogens is 3. The molecule has 0 spiro atoms. The molecule has 1 N–H and O–H groups in total. The Kier molecular flexibility index (Phi) is 4.66. The molecule has 8 heteroatoms. The molecule has 30 heavy (non-hydrogen) atoms. The number of nitrogens with one attached hydrogen (secondary N) is 1.